The second-order valence-electron chi connectivity index (χ2n) is 3.47. The molecule has 0 aliphatic carbocycles. The fraction of sp³-hybridized carbons (Fsp3) is 0.100. The summed E-state index contributed by atoms with van der Waals surface area (Å²) in [6.07, 6.45) is 2.87. The maximum atomic E-state index is 12.9. The van der Waals surface area contributed by atoms with Crippen molar-refractivity contribution in [3.63, 3.8) is 0 Å². The molecular formula is C10H10BFN2O2. The molecule has 0 bridgehead atoms. The van der Waals surface area contributed by atoms with Gasteiger partial charge in [0.1, 0.15) is 5.82 Å². The summed E-state index contributed by atoms with van der Waals surface area (Å²) >= 11 is 0. The molecule has 16 heavy (non-hydrogen) atoms. The zero-order valence-corrected chi connectivity index (χ0v) is 8.42. The lowest BCUT2D eigenvalue weighted by Crippen LogP contribution is -2.28. The summed E-state index contributed by atoms with van der Waals surface area (Å²) in [4.78, 5) is 0. The van der Waals surface area contributed by atoms with Crippen LogP contribution in [0.2, 0.25) is 0 Å². The molecule has 2 aromatic rings. The molecule has 0 unspecified atom stereocenters. The Hall–Kier alpha value is -1.66. The van der Waals surface area contributed by atoms with E-state index in [9.17, 15) is 4.39 Å². The van der Waals surface area contributed by atoms with Crippen LogP contribution in [0.1, 0.15) is 5.56 Å². The lowest BCUT2D eigenvalue weighted by molar-refractivity contribution is 0.425. The molecule has 6 heteroatoms. The topological polar surface area (TPSA) is 58.3 Å². The smallest absolute Gasteiger partial charge is 0.423 e. The Labute approximate surface area is 92.1 Å². The normalized spacial score (nSPS) is 10.4. The van der Waals surface area contributed by atoms with Crippen molar-refractivity contribution in [3.8, 4) is 0 Å². The first-order valence-corrected chi connectivity index (χ1v) is 4.78. The summed E-state index contributed by atoms with van der Waals surface area (Å²) in [5, 5.41) is 21.7. The minimum Gasteiger partial charge on any atom is -0.423 e. The molecule has 1 aromatic heterocycles. The molecule has 1 heterocycles. The average Bonchev–Trinajstić information content (AvgIpc) is 2.66. The molecule has 0 saturated carbocycles. The molecule has 4 nitrogen and oxygen atoms in total. The molecule has 0 fully saturated rings. The van der Waals surface area contributed by atoms with E-state index in [4.69, 9.17) is 10.0 Å². The lowest BCUT2D eigenvalue weighted by atomic mass is 9.83. The highest BCUT2D eigenvalue weighted by Gasteiger charge is 2.12. The number of nitrogens with zero attached hydrogens (tertiary/aromatic N) is 2. The fourth-order valence-corrected chi connectivity index (χ4v) is 1.42. The highest BCUT2D eigenvalue weighted by molar-refractivity contribution is 6.58. The molecule has 82 valence electrons. The van der Waals surface area contributed by atoms with E-state index >= 15 is 0 Å². The number of aromatic nitrogens is 2. The monoisotopic (exact) mass is 220 g/mol. The van der Waals surface area contributed by atoms with Crippen LogP contribution in [0.4, 0.5) is 4.39 Å². The van der Waals surface area contributed by atoms with Crippen LogP contribution in [-0.2, 0) is 6.54 Å². The number of halogens is 1. The molecule has 0 aliphatic rings. The van der Waals surface area contributed by atoms with Gasteiger partial charge in [-0.25, -0.2) is 4.39 Å². The van der Waals surface area contributed by atoms with Crippen LogP contribution >= 0.6 is 0 Å². The van der Waals surface area contributed by atoms with Gasteiger partial charge in [0.05, 0.1) is 6.54 Å². The van der Waals surface area contributed by atoms with Crippen molar-refractivity contribution in [2.24, 2.45) is 0 Å². The van der Waals surface area contributed by atoms with Crippen molar-refractivity contribution in [3.05, 3.63) is 48.0 Å². The third-order valence-electron chi connectivity index (χ3n) is 2.18. The van der Waals surface area contributed by atoms with Crippen molar-refractivity contribution in [1.29, 1.82) is 0 Å². The van der Waals surface area contributed by atoms with E-state index in [1.807, 2.05) is 0 Å². The maximum Gasteiger partial charge on any atom is 0.491 e. The average molecular weight is 220 g/mol. The number of benzene rings is 1. The Morgan fingerprint density at radius 3 is 2.81 bits per heavy atom. The molecule has 0 atom stereocenters. The third-order valence-corrected chi connectivity index (χ3v) is 2.18. The van der Waals surface area contributed by atoms with Crippen molar-refractivity contribution in [2.75, 3.05) is 0 Å². The van der Waals surface area contributed by atoms with E-state index < -0.39 is 7.12 Å². The zero-order chi connectivity index (χ0) is 11.5. The van der Waals surface area contributed by atoms with E-state index in [-0.39, 0.29) is 5.82 Å². The van der Waals surface area contributed by atoms with Gasteiger partial charge in [-0.2, -0.15) is 5.10 Å². The number of hydrogen-bond donors (Lipinski definition) is 2. The minimum atomic E-state index is -1.53. The summed E-state index contributed by atoms with van der Waals surface area (Å²) in [5.41, 5.74) is 1.08. The van der Waals surface area contributed by atoms with Crippen LogP contribution in [0.3, 0.4) is 0 Å². The Bertz CT molecular complexity index is 487. The van der Waals surface area contributed by atoms with Crippen LogP contribution in [-0.4, -0.2) is 26.9 Å². The van der Waals surface area contributed by atoms with E-state index in [1.54, 1.807) is 12.1 Å². The fourth-order valence-electron chi connectivity index (χ4n) is 1.42. The highest BCUT2D eigenvalue weighted by atomic mass is 19.1. The van der Waals surface area contributed by atoms with Crippen LogP contribution in [0.25, 0.3) is 0 Å². The van der Waals surface area contributed by atoms with Gasteiger partial charge >= 0.3 is 7.12 Å². The maximum absolute atomic E-state index is 12.9. The summed E-state index contributed by atoms with van der Waals surface area (Å²) < 4.78 is 14.4. The van der Waals surface area contributed by atoms with Gasteiger partial charge < -0.3 is 10.0 Å². The summed E-state index contributed by atoms with van der Waals surface area (Å²) in [6.45, 7) is 0.393. The predicted molar refractivity (Wildman–Crippen MR) is 57.6 cm³/mol. The van der Waals surface area contributed by atoms with E-state index in [1.165, 1.54) is 29.2 Å². The van der Waals surface area contributed by atoms with Crippen LogP contribution in [0.5, 0.6) is 0 Å². The van der Waals surface area contributed by atoms with Gasteiger partial charge in [0, 0.05) is 17.9 Å². The molecule has 0 amide bonds. The van der Waals surface area contributed by atoms with Crippen LogP contribution in [0.15, 0.2) is 36.7 Å². The first-order chi connectivity index (χ1) is 7.65. The minimum absolute atomic E-state index is 0.299. The van der Waals surface area contributed by atoms with Gasteiger partial charge in [-0.3, -0.25) is 4.68 Å². The van der Waals surface area contributed by atoms with Gasteiger partial charge in [0.15, 0.2) is 0 Å². The quantitative estimate of drug-likeness (QED) is 0.701. The van der Waals surface area contributed by atoms with E-state index in [0.717, 1.165) is 5.56 Å². The predicted octanol–water partition coefficient (Wildman–Crippen LogP) is -0.250. The molecule has 2 N–H and O–H groups in total. The molecule has 1 aromatic carbocycles. The zero-order valence-electron chi connectivity index (χ0n) is 8.42. The first-order valence-electron chi connectivity index (χ1n) is 4.78. The third kappa shape index (κ3) is 2.47. The van der Waals surface area contributed by atoms with Crippen molar-refractivity contribution < 1.29 is 14.4 Å². The standard InChI is InChI=1S/C10H10BFN2O2/c12-10-3-1-2-8(4-10)6-14-7-9(5-13-14)11(15)16/h1-5,7,15-16H,6H2. The first kappa shape index (κ1) is 10.8. The Kier molecular flexibility index (Phi) is 3.03. The van der Waals surface area contributed by atoms with Gasteiger partial charge in [0.25, 0.3) is 0 Å². The molecule has 0 radical (unpaired) electrons. The number of hydrogen-bond acceptors (Lipinski definition) is 3. The lowest BCUT2D eigenvalue weighted by Gasteiger charge is -2.01. The van der Waals surface area contributed by atoms with E-state index in [2.05, 4.69) is 5.10 Å². The highest BCUT2D eigenvalue weighted by Crippen LogP contribution is 2.04. The number of rotatable bonds is 3. The Morgan fingerprint density at radius 2 is 2.19 bits per heavy atom. The SMILES string of the molecule is OB(O)c1cnn(Cc2cccc(F)c2)c1. The molecule has 2 rings (SSSR count). The van der Waals surface area contributed by atoms with Gasteiger partial charge in [0.2, 0.25) is 0 Å². The molecule has 0 aliphatic heterocycles. The van der Waals surface area contributed by atoms with Crippen molar-refractivity contribution >= 4 is 12.6 Å². The van der Waals surface area contributed by atoms with Gasteiger partial charge in [-0.05, 0) is 17.7 Å². The summed E-state index contributed by atoms with van der Waals surface area (Å²) in [6, 6.07) is 6.18. The second kappa shape index (κ2) is 4.46. The van der Waals surface area contributed by atoms with Crippen LogP contribution < -0.4 is 5.46 Å². The molecule has 0 spiro atoms. The summed E-state index contributed by atoms with van der Waals surface area (Å²) in [5.74, 6) is -0.299. The van der Waals surface area contributed by atoms with Gasteiger partial charge in [-0.1, -0.05) is 12.1 Å². The van der Waals surface area contributed by atoms with E-state index in [0.29, 0.717) is 12.0 Å². The van der Waals surface area contributed by atoms with Crippen LogP contribution in [0, 0.1) is 5.82 Å². The largest absolute Gasteiger partial charge is 0.491 e. The van der Waals surface area contributed by atoms with Crippen molar-refractivity contribution in [2.45, 2.75) is 6.54 Å². The Morgan fingerprint density at radius 1 is 1.38 bits per heavy atom. The van der Waals surface area contributed by atoms with Gasteiger partial charge in [-0.15, -0.1) is 0 Å². The Balaban J connectivity index is 2.14. The molecule has 0 saturated heterocycles. The molecular weight excluding hydrogens is 210 g/mol. The second-order valence-corrected chi connectivity index (χ2v) is 3.47. The van der Waals surface area contributed by atoms with Crippen molar-refractivity contribution in [1.82, 2.24) is 9.78 Å². The summed E-state index contributed by atoms with van der Waals surface area (Å²) in [7, 11) is -1.53.